The molecule has 0 bridgehead atoms. The van der Waals surface area contributed by atoms with Gasteiger partial charge in [-0.1, -0.05) is 29.8 Å². The third-order valence-electron chi connectivity index (χ3n) is 1.60. The van der Waals surface area contributed by atoms with E-state index in [-0.39, 0.29) is 5.75 Å². The van der Waals surface area contributed by atoms with E-state index in [1.165, 1.54) is 10.6 Å². The normalized spacial score (nSPS) is 8.23. The first-order valence-electron chi connectivity index (χ1n) is 4.76. The third kappa shape index (κ3) is 7.90. The van der Waals surface area contributed by atoms with E-state index in [4.69, 9.17) is 0 Å². The van der Waals surface area contributed by atoms with Crippen molar-refractivity contribution in [3.8, 4) is 5.75 Å². The van der Waals surface area contributed by atoms with Gasteiger partial charge in [-0.3, -0.25) is 0 Å². The van der Waals surface area contributed by atoms with Gasteiger partial charge < -0.3 is 5.11 Å². The molecule has 1 rings (SSSR count). The standard InChI is InChI=1S/C7H8O.2C2H5.Al/c1-6-2-4-7(8)5-3-6;2*1-2;/h2-5,8H,1H3;2*1H2,2H3;/q;;;+1/p-1. The first-order chi connectivity index (χ1) is 6.20. The Bertz CT molecular complexity index is 183. The first-order valence-corrected chi connectivity index (χ1v) is 6.39. The molecule has 0 unspecified atom stereocenters. The van der Waals surface area contributed by atoms with Crippen molar-refractivity contribution in [2.45, 2.75) is 31.3 Å². The van der Waals surface area contributed by atoms with Crippen molar-refractivity contribution in [3.05, 3.63) is 29.8 Å². The zero-order chi connectivity index (χ0) is 10.1. The van der Waals surface area contributed by atoms with Crippen LogP contribution >= 0.6 is 0 Å². The quantitative estimate of drug-likeness (QED) is 0.660. The molecule has 1 aromatic carbocycles. The van der Waals surface area contributed by atoms with Crippen LogP contribution in [-0.4, -0.2) is 15.2 Å². The summed E-state index contributed by atoms with van der Waals surface area (Å²) in [6, 6.07) is 6.75. The Hall–Kier alpha value is -0.448. The average Bonchev–Trinajstić information content (AvgIpc) is 2.13. The predicted octanol–water partition coefficient (Wildman–Crippen LogP) is 2.64. The maximum Gasteiger partial charge on any atom is -0.0398 e. The van der Waals surface area contributed by atoms with Gasteiger partial charge >= 0.3 is 39.6 Å². The van der Waals surface area contributed by atoms with E-state index in [0.29, 0.717) is 0 Å². The van der Waals surface area contributed by atoms with Gasteiger partial charge in [0.15, 0.2) is 0 Å². The molecule has 13 heavy (non-hydrogen) atoms. The third-order valence-corrected chi connectivity index (χ3v) is 2.75. The molecule has 0 N–H and O–H groups in total. The summed E-state index contributed by atoms with van der Waals surface area (Å²) in [7, 11) is 0. The molecule has 0 aliphatic carbocycles. The molecule has 0 aromatic heterocycles. The van der Waals surface area contributed by atoms with E-state index in [2.05, 4.69) is 13.8 Å². The maximum atomic E-state index is 10.4. The van der Waals surface area contributed by atoms with Gasteiger partial charge in [-0.25, -0.2) is 0 Å². The molecule has 0 radical (unpaired) electrons. The molecule has 0 saturated heterocycles. The minimum atomic E-state index is 0.0793. The summed E-state index contributed by atoms with van der Waals surface area (Å²) in [5.74, 6) is 0.0793. The summed E-state index contributed by atoms with van der Waals surface area (Å²) in [6.07, 6.45) is 0. The van der Waals surface area contributed by atoms with Crippen molar-refractivity contribution < 1.29 is 5.11 Å². The molecule has 0 amide bonds. The van der Waals surface area contributed by atoms with Gasteiger partial charge in [0.1, 0.15) is 0 Å². The van der Waals surface area contributed by atoms with Crippen LogP contribution in [0.15, 0.2) is 24.3 Å². The first kappa shape index (κ1) is 12.6. The summed E-state index contributed by atoms with van der Waals surface area (Å²) in [6.45, 7) is 6.46. The monoisotopic (exact) mass is 192 g/mol. The molecule has 0 heterocycles. The maximum absolute atomic E-state index is 10.4. The van der Waals surface area contributed by atoms with Crippen LogP contribution in [-0.2, 0) is 0 Å². The smallest absolute Gasteiger partial charge is 0.0398 e. The summed E-state index contributed by atoms with van der Waals surface area (Å²) in [4.78, 5) is 0. The Morgan fingerprint density at radius 1 is 1.08 bits per heavy atom. The Kier molecular flexibility index (Phi) is 7.88. The molecule has 1 nitrogen and oxygen atoms in total. The van der Waals surface area contributed by atoms with Gasteiger partial charge in [-0.15, -0.1) is 5.75 Å². The zero-order valence-electron chi connectivity index (χ0n) is 8.71. The van der Waals surface area contributed by atoms with Crippen molar-refractivity contribution in [1.29, 1.82) is 0 Å². The second-order valence-electron chi connectivity index (χ2n) is 2.92. The second-order valence-corrected chi connectivity index (χ2v) is 5.13. The van der Waals surface area contributed by atoms with Crippen molar-refractivity contribution in [2.75, 3.05) is 0 Å². The number of benzene rings is 1. The summed E-state index contributed by atoms with van der Waals surface area (Å²) >= 11 is 0.815. The molecule has 70 valence electrons. The molecule has 0 fully saturated rings. The number of hydrogen-bond donors (Lipinski definition) is 0. The van der Waals surface area contributed by atoms with E-state index in [9.17, 15) is 5.11 Å². The Morgan fingerprint density at radius 2 is 1.54 bits per heavy atom. The zero-order valence-corrected chi connectivity index (χ0v) is 9.86. The number of hydrogen-bond acceptors (Lipinski definition) is 1. The SMILES string of the molecule is C[CH2][Al+][CH2]C.Cc1ccc([O-])cc1. The van der Waals surface area contributed by atoms with Crippen LogP contribution in [0.5, 0.6) is 5.75 Å². The minimum absolute atomic E-state index is 0.0793. The summed E-state index contributed by atoms with van der Waals surface area (Å²) in [5.41, 5.74) is 1.13. The molecule has 0 aliphatic heterocycles. The van der Waals surface area contributed by atoms with Crippen molar-refractivity contribution >= 4 is 15.2 Å². The van der Waals surface area contributed by atoms with Crippen LogP contribution < -0.4 is 5.11 Å². The molecular formula is C11H17AlO. The van der Waals surface area contributed by atoms with E-state index in [0.717, 1.165) is 20.8 Å². The van der Waals surface area contributed by atoms with Crippen molar-refractivity contribution in [3.63, 3.8) is 0 Å². The van der Waals surface area contributed by atoms with Gasteiger partial charge in [-0.2, -0.15) is 0 Å². The van der Waals surface area contributed by atoms with Crippen LogP contribution in [0.3, 0.4) is 0 Å². The Balaban J connectivity index is 0.000000252. The van der Waals surface area contributed by atoms with Gasteiger partial charge in [0.05, 0.1) is 0 Å². The van der Waals surface area contributed by atoms with Gasteiger partial charge in [0, 0.05) is 0 Å². The molecule has 2 heteroatoms. The van der Waals surface area contributed by atoms with Crippen LogP contribution in [0.4, 0.5) is 0 Å². The van der Waals surface area contributed by atoms with Crippen molar-refractivity contribution in [1.82, 2.24) is 0 Å². The number of aryl methyl sites for hydroxylation is 1. The predicted molar refractivity (Wildman–Crippen MR) is 57.3 cm³/mol. The summed E-state index contributed by atoms with van der Waals surface area (Å²) in [5, 5.41) is 13.3. The van der Waals surface area contributed by atoms with Crippen LogP contribution in [0, 0.1) is 6.92 Å². The Morgan fingerprint density at radius 3 is 1.77 bits per heavy atom. The van der Waals surface area contributed by atoms with Gasteiger partial charge in [-0.05, 0) is 6.92 Å². The van der Waals surface area contributed by atoms with Crippen LogP contribution in [0.2, 0.25) is 10.6 Å². The van der Waals surface area contributed by atoms with Crippen LogP contribution in [0.1, 0.15) is 19.4 Å². The van der Waals surface area contributed by atoms with Crippen molar-refractivity contribution in [2.24, 2.45) is 0 Å². The molecular weight excluding hydrogens is 175 g/mol. The number of rotatable bonds is 2. The molecule has 0 spiro atoms. The van der Waals surface area contributed by atoms with E-state index >= 15 is 0 Å². The fourth-order valence-electron chi connectivity index (χ4n) is 0.827. The molecule has 0 aliphatic rings. The molecule has 0 atom stereocenters. The topological polar surface area (TPSA) is 23.1 Å². The fourth-order valence-corrected chi connectivity index (χ4v) is 1.40. The van der Waals surface area contributed by atoms with Gasteiger partial charge in [0.2, 0.25) is 0 Å². The Labute approximate surface area is 87.5 Å². The van der Waals surface area contributed by atoms with Gasteiger partial charge in [0.25, 0.3) is 0 Å². The minimum Gasteiger partial charge on any atom is -0.872 e. The largest absolute Gasteiger partial charge is 0.872 e. The average molecular weight is 192 g/mol. The molecule has 0 saturated carbocycles. The summed E-state index contributed by atoms with van der Waals surface area (Å²) < 4.78 is 0. The fraction of sp³-hybridized carbons (Fsp3) is 0.455. The molecule has 1 aromatic rings. The second kappa shape index (κ2) is 8.16. The van der Waals surface area contributed by atoms with E-state index < -0.39 is 0 Å². The van der Waals surface area contributed by atoms with Crippen LogP contribution in [0.25, 0.3) is 0 Å². The van der Waals surface area contributed by atoms with E-state index in [1.54, 1.807) is 12.1 Å². The van der Waals surface area contributed by atoms with E-state index in [1.807, 2.05) is 19.1 Å².